The van der Waals surface area contributed by atoms with Crippen molar-refractivity contribution in [3.8, 4) is 0 Å². The van der Waals surface area contributed by atoms with Crippen molar-refractivity contribution in [1.29, 1.82) is 0 Å². The Morgan fingerprint density at radius 1 is 1.23 bits per heavy atom. The van der Waals surface area contributed by atoms with E-state index >= 15 is 0 Å². The molecule has 2 aliphatic rings. The number of hydrogen-bond donors (Lipinski definition) is 2. The fourth-order valence-electron chi connectivity index (χ4n) is 3.67. The topological polar surface area (TPSA) is 52.6 Å². The van der Waals surface area contributed by atoms with E-state index in [1.807, 2.05) is 4.90 Å². The molecule has 128 valence electrons. The molecule has 4 heteroatoms. The lowest BCUT2D eigenvalue weighted by Crippen LogP contribution is -2.60. The molecule has 1 unspecified atom stereocenters. The van der Waals surface area contributed by atoms with Crippen molar-refractivity contribution < 1.29 is 9.90 Å². The van der Waals surface area contributed by atoms with Gasteiger partial charge in [-0.2, -0.15) is 0 Å². The van der Waals surface area contributed by atoms with Crippen molar-refractivity contribution in [3.63, 3.8) is 0 Å². The molecule has 1 saturated heterocycles. The molecule has 2 rings (SSSR count). The summed E-state index contributed by atoms with van der Waals surface area (Å²) in [5.74, 6) is 0.718. The van der Waals surface area contributed by atoms with Crippen molar-refractivity contribution in [2.45, 2.75) is 83.3 Å². The minimum absolute atomic E-state index is 0.0636. The first kappa shape index (κ1) is 17.7. The average molecular weight is 310 g/mol. The predicted octanol–water partition coefficient (Wildman–Crippen LogP) is 2.70. The van der Waals surface area contributed by atoms with Crippen LogP contribution >= 0.6 is 0 Å². The van der Waals surface area contributed by atoms with Gasteiger partial charge in [0.15, 0.2) is 5.60 Å². The summed E-state index contributed by atoms with van der Waals surface area (Å²) < 4.78 is 0. The molecule has 1 aliphatic carbocycles. The summed E-state index contributed by atoms with van der Waals surface area (Å²) in [6, 6.07) is 0. The van der Waals surface area contributed by atoms with Crippen molar-refractivity contribution in [3.05, 3.63) is 0 Å². The van der Waals surface area contributed by atoms with E-state index in [0.29, 0.717) is 13.0 Å². The van der Waals surface area contributed by atoms with Gasteiger partial charge in [0.05, 0.1) is 0 Å². The third-order valence-electron chi connectivity index (χ3n) is 5.15. The average Bonchev–Trinajstić information content (AvgIpc) is 2.47. The second kappa shape index (κ2) is 7.31. The molecule has 0 radical (unpaired) electrons. The Morgan fingerprint density at radius 2 is 1.91 bits per heavy atom. The maximum absolute atomic E-state index is 12.7. The first-order valence-electron chi connectivity index (χ1n) is 9.07. The molecular formula is C18H34N2O2. The molecule has 2 N–H and O–H groups in total. The number of amides is 1. The standard InChI is InChI=1S/C18H34N2O2/c1-17(2,3)19-14-18(22)11-7-12-20(16(18)21)13-10-15-8-5-4-6-9-15/h15,19,22H,4-14H2,1-3H3. The molecule has 0 aromatic rings. The number of nitrogens with one attached hydrogen (secondary N) is 1. The van der Waals surface area contributed by atoms with Gasteiger partial charge in [0, 0.05) is 25.2 Å². The van der Waals surface area contributed by atoms with Gasteiger partial charge in [-0.25, -0.2) is 0 Å². The van der Waals surface area contributed by atoms with Crippen LogP contribution in [0.15, 0.2) is 0 Å². The predicted molar refractivity (Wildman–Crippen MR) is 89.7 cm³/mol. The second-order valence-corrected chi connectivity index (χ2v) is 8.32. The highest BCUT2D eigenvalue weighted by Crippen LogP contribution is 2.28. The van der Waals surface area contributed by atoms with Gasteiger partial charge in [-0.05, 0) is 46.0 Å². The molecule has 1 atom stereocenters. The largest absolute Gasteiger partial charge is 0.379 e. The molecule has 0 aromatic carbocycles. The molecule has 1 aliphatic heterocycles. The molecule has 1 heterocycles. The zero-order chi connectivity index (χ0) is 16.2. The quantitative estimate of drug-likeness (QED) is 0.821. The Hall–Kier alpha value is -0.610. The second-order valence-electron chi connectivity index (χ2n) is 8.32. The molecule has 4 nitrogen and oxygen atoms in total. The van der Waals surface area contributed by atoms with Gasteiger partial charge in [0.25, 0.3) is 5.91 Å². The lowest BCUT2D eigenvalue weighted by Gasteiger charge is -2.40. The highest BCUT2D eigenvalue weighted by atomic mass is 16.3. The van der Waals surface area contributed by atoms with Crippen LogP contribution in [-0.4, -0.2) is 46.7 Å². The van der Waals surface area contributed by atoms with Crippen LogP contribution in [0.4, 0.5) is 0 Å². The number of nitrogens with zero attached hydrogens (tertiary/aromatic N) is 1. The highest BCUT2D eigenvalue weighted by molar-refractivity contribution is 5.86. The number of carbonyl (C=O) groups is 1. The fourth-order valence-corrected chi connectivity index (χ4v) is 3.67. The molecule has 1 saturated carbocycles. The molecule has 0 spiro atoms. The smallest absolute Gasteiger partial charge is 0.255 e. The van der Waals surface area contributed by atoms with Crippen molar-refractivity contribution in [2.24, 2.45) is 5.92 Å². The van der Waals surface area contributed by atoms with Crippen LogP contribution < -0.4 is 5.32 Å². The molecule has 0 aromatic heterocycles. The van der Waals surface area contributed by atoms with Crippen LogP contribution in [0.5, 0.6) is 0 Å². The van der Waals surface area contributed by atoms with Gasteiger partial charge in [0.2, 0.25) is 0 Å². The minimum Gasteiger partial charge on any atom is -0.379 e. The summed E-state index contributed by atoms with van der Waals surface area (Å²) in [6.07, 6.45) is 9.28. The molecule has 0 bridgehead atoms. The maximum Gasteiger partial charge on any atom is 0.255 e. The summed E-state index contributed by atoms with van der Waals surface area (Å²) in [6.45, 7) is 8.17. The Balaban J connectivity index is 1.85. The lowest BCUT2D eigenvalue weighted by atomic mass is 9.86. The van der Waals surface area contributed by atoms with Gasteiger partial charge in [0.1, 0.15) is 0 Å². The number of likely N-dealkylation sites (tertiary alicyclic amines) is 1. The Labute approximate surface area is 135 Å². The van der Waals surface area contributed by atoms with Crippen LogP contribution in [0, 0.1) is 5.92 Å². The van der Waals surface area contributed by atoms with Crippen LogP contribution in [0.3, 0.4) is 0 Å². The van der Waals surface area contributed by atoms with Crippen LogP contribution in [-0.2, 0) is 4.79 Å². The normalized spacial score (nSPS) is 28.2. The first-order valence-corrected chi connectivity index (χ1v) is 9.07. The fraction of sp³-hybridized carbons (Fsp3) is 0.944. The maximum atomic E-state index is 12.7. The van der Waals surface area contributed by atoms with E-state index in [1.54, 1.807) is 0 Å². The number of β-amino-alcohol motifs (C(OH)–C–C–N with tert-alkyl or cyclic N) is 1. The summed E-state index contributed by atoms with van der Waals surface area (Å²) in [5, 5.41) is 14.0. The lowest BCUT2D eigenvalue weighted by molar-refractivity contribution is -0.157. The summed E-state index contributed by atoms with van der Waals surface area (Å²) >= 11 is 0. The van der Waals surface area contributed by atoms with Crippen molar-refractivity contribution in [2.75, 3.05) is 19.6 Å². The number of hydrogen-bond acceptors (Lipinski definition) is 3. The summed E-state index contributed by atoms with van der Waals surface area (Å²) in [5.41, 5.74) is -1.29. The summed E-state index contributed by atoms with van der Waals surface area (Å²) in [7, 11) is 0. The Morgan fingerprint density at radius 3 is 2.55 bits per heavy atom. The molecule has 2 fully saturated rings. The zero-order valence-electron chi connectivity index (χ0n) is 14.7. The molecular weight excluding hydrogens is 276 g/mol. The van der Waals surface area contributed by atoms with Crippen LogP contribution in [0.25, 0.3) is 0 Å². The van der Waals surface area contributed by atoms with Gasteiger partial charge in [-0.3, -0.25) is 4.79 Å². The highest BCUT2D eigenvalue weighted by Gasteiger charge is 2.42. The third kappa shape index (κ3) is 4.95. The van der Waals surface area contributed by atoms with Crippen LogP contribution in [0.2, 0.25) is 0 Å². The minimum atomic E-state index is -1.21. The first-order chi connectivity index (χ1) is 10.3. The van der Waals surface area contributed by atoms with E-state index in [4.69, 9.17) is 0 Å². The number of carbonyl (C=O) groups excluding carboxylic acids is 1. The van der Waals surface area contributed by atoms with Gasteiger partial charge >= 0.3 is 0 Å². The van der Waals surface area contributed by atoms with Crippen molar-refractivity contribution in [1.82, 2.24) is 10.2 Å². The van der Waals surface area contributed by atoms with E-state index in [9.17, 15) is 9.90 Å². The van der Waals surface area contributed by atoms with E-state index < -0.39 is 5.60 Å². The Bertz CT molecular complexity index is 372. The van der Waals surface area contributed by atoms with Crippen LogP contribution in [0.1, 0.15) is 72.1 Å². The van der Waals surface area contributed by atoms with Gasteiger partial charge in [-0.15, -0.1) is 0 Å². The molecule has 22 heavy (non-hydrogen) atoms. The van der Waals surface area contributed by atoms with Crippen molar-refractivity contribution >= 4 is 5.91 Å². The number of aliphatic hydroxyl groups is 1. The monoisotopic (exact) mass is 310 g/mol. The van der Waals surface area contributed by atoms with E-state index in [1.165, 1.54) is 32.1 Å². The van der Waals surface area contributed by atoms with Gasteiger partial charge in [-0.1, -0.05) is 32.1 Å². The van der Waals surface area contributed by atoms with E-state index in [-0.39, 0.29) is 11.4 Å². The Kier molecular flexibility index (Phi) is 5.89. The SMILES string of the molecule is CC(C)(C)NCC1(O)CCCN(CCC2CCCCC2)C1=O. The summed E-state index contributed by atoms with van der Waals surface area (Å²) in [4.78, 5) is 14.6. The number of rotatable bonds is 5. The zero-order valence-corrected chi connectivity index (χ0v) is 14.7. The van der Waals surface area contributed by atoms with Gasteiger partial charge < -0.3 is 15.3 Å². The third-order valence-corrected chi connectivity index (χ3v) is 5.15. The van der Waals surface area contributed by atoms with E-state index in [0.717, 1.165) is 31.8 Å². The van der Waals surface area contributed by atoms with E-state index in [2.05, 4.69) is 26.1 Å². The number of piperidine rings is 1. The molecule has 1 amide bonds.